The van der Waals surface area contributed by atoms with Crippen LogP contribution in [0.3, 0.4) is 0 Å². The first kappa shape index (κ1) is 22.7. The minimum atomic E-state index is -0.494. The Morgan fingerprint density at radius 1 is 1.10 bits per heavy atom. The van der Waals surface area contributed by atoms with Crippen molar-refractivity contribution in [2.75, 3.05) is 0 Å². The molecule has 31 heavy (non-hydrogen) atoms. The van der Waals surface area contributed by atoms with Crippen LogP contribution in [0, 0.1) is 34.5 Å². The fourth-order valence-electron chi connectivity index (χ4n) is 7.81. The number of aromatic nitrogens is 3. The molecule has 5 heteroatoms. The van der Waals surface area contributed by atoms with Gasteiger partial charge < -0.3 is 5.11 Å². The zero-order valence-electron chi connectivity index (χ0n) is 20.1. The van der Waals surface area contributed by atoms with Gasteiger partial charge in [-0.25, -0.2) is 0 Å². The number of carbonyl (C=O) groups excluding carboxylic acids is 1. The normalized spacial score (nSPS) is 43.6. The second-order valence-electron chi connectivity index (χ2n) is 11.1. The minimum Gasteiger partial charge on any atom is -0.390 e. The molecule has 5 nitrogen and oxygen atoms in total. The molecule has 1 N–H and O–H groups in total. The van der Waals surface area contributed by atoms with E-state index in [1.807, 2.05) is 20.8 Å². The van der Waals surface area contributed by atoms with Crippen LogP contribution in [0.15, 0.2) is 24.0 Å². The lowest BCUT2D eigenvalue weighted by Crippen LogP contribution is -2.51. The molecule has 1 aromatic heterocycles. The lowest BCUT2D eigenvalue weighted by atomic mass is 9.47. The van der Waals surface area contributed by atoms with Crippen molar-refractivity contribution in [3.05, 3.63) is 24.0 Å². The summed E-state index contributed by atoms with van der Waals surface area (Å²) in [5.41, 5.74) is 1.50. The maximum Gasteiger partial charge on any atom is 0.159 e. The number of rotatable bonds is 3. The molecule has 0 bridgehead atoms. The third kappa shape index (κ3) is 3.71. The second-order valence-corrected chi connectivity index (χ2v) is 11.1. The summed E-state index contributed by atoms with van der Waals surface area (Å²) >= 11 is 0. The molecule has 172 valence electrons. The molecule has 1 aromatic rings. The van der Waals surface area contributed by atoms with Gasteiger partial charge in [0.1, 0.15) is 6.54 Å². The van der Waals surface area contributed by atoms with Gasteiger partial charge in [-0.1, -0.05) is 39.3 Å². The highest BCUT2D eigenvalue weighted by Crippen LogP contribution is 2.66. The molecule has 0 radical (unpaired) electrons. The molecule has 3 saturated carbocycles. The summed E-state index contributed by atoms with van der Waals surface area (Å²) in [6.07, 6.45) is 14.4. The second kappa shape index (κ2) is 8.13. The third-order valence-electron chi connectivity index (χ3n) is 9.46. The smallest absolute Gasteiger partial charge is 0.159 e. The first-order valence-electron chi connectivity index (χ1n) is 12.5. The van der Waals surface area contributed by atoms with E-state index in [1.54, 1.807) is 18.0 Å². The van der Waals surface area contributed by atoms with Crippen molar-refractivity contribution in [2.24, 2.45) is 34.5 Å². The predicted octanol–water partition coefficient (Wildman–Crippen LogP) is 5.20. The Morgan fingerprint density at radius 3 is 2.52 bits per heavy atom. The number of carbonyl (C=O) groups is 1. The SMILES string of the molecule is CC.C[C@@]1(O)CC[C@]2(C)C3=CC[C@]4(C)[C@@H](C(=O)Cn5nccn5)CC[C@H]4[C@@H]3CC[C@@H]2C1. The molecule has 3 fully saturated rings. The van der Waals surface area contributed by atoms with E-state index in [0.29, 0.717) is 30.1 Å². The van der Waals surface area contributed by atoms with Crippen LogP contribution in [-0.2, 0) is 11.3 Å². The van der Waals surface area contributed by atoms with Crippen LogP contribution in [0.1, 0.15) is 86.0 Å². The van der Waals surface area contributed by atoms with Gasteiger partial charge in [0.25, 0.3) is 0 Å². The Balaban J connectivity index is 0.00000112. The molecule has 0 aromatic carbocycles. The van der Waals surface area contributed by atoms with Crippen molar-refractivity contribution in [2.45, 2.75) is 98.1 Å². The fourth-order valence-corrected chi connectivity index (χ4v) is 7.81. The summed E-state index contributed by atoms with van der Waals surface area (Å²) < 4.78 is 0. The zero-order valence-corrected chi connectivity index (χ0v) is 20.1. The van der Waals surface area contributed by atoms with Crippen LogP contribution >= 0.6 is 0 Å². The van der Waals surface area contributed by atoms with E-state index >= 15 is 0 Å². The van der Waals surface area contributed by atoms with E-state index in [0.717, 1.165) is 32.1 Å². The van der Waals surface area contributed by atoms with Gasteiger partial charge in [0.15, 0.2) is 5.78 Å². The van der Waals surface area contributed by atoms with Crippen molar-refractivity contribution in [3.8, 4) is 0 Å². The van der Waals surface area contributed by atoms with E-state index in [4.69, 9.17) is 0 Å². The van der Waals surface area contributed by atoms with Crippen molar-refractivity contribution < 1.29 is 9.90 Å². The minimum absolute atomic E-state index is 0.0712. The van der Waals surface area contributed by atoms with E-state index < -0.39 is 5.60 Å². The topological polar surface area (TPSA) is 68.0 Å². The average molecular weight is 428 g/mol. The van der Waals surface area contributed by atoms with E-state index in [1.165, 1.54) is 24.1 Å². The van der Waals surface area contributed by atoms with Crippen LogP contribution in [0.5, 0.6) is 0 Å². The molecule has 0 spiro atoms. The molecular weight excluding hydrogens is 386 g/mol. The number of Topliss-reactive ketones (excluding diaryl/α,β-unsaturated/α-hetero) is 1. The van der Waals surface area contributed by atoms with Crippen LogP contribution < -0.4 is 0 Å². The third-order valence-corrected chi connectivity index (χ3v) is 9.46. The summed E-state index contributed by atoms with van der Waals surface area (Å²) in [5.74, 6) is 2.26. The van der Waals surface area contributed by atoms with Gasteiger partial charge in [0.05, 0.1) is 18.0 Å². The largest absolute Gasteiger partial charge is 0.390 e. The highest BCUT2D eigenvalue weighted by Gasteiger charge is 2.59. The summed E-state index contributed by atoms with van der Waals surface area (Å²) in [7, 11) is 0. The zero-order chi connectivity index (χ0) is 22.4. The number of fused-ring (bicyclic) bond motifs is 5. The molecule has 4 aliphatic carbocycles. The van der Waals surface area contributed by atoms with Gasteiger partial charge in [0.2, 0.25) is 0 Å². The van der Waals surface area contributed by atoms with Crippen LogP contribution in [0.4, 0.5) is 0 Å². The van der Waals surface area contributed by atoms with Gasteiger partial charge >= 0.3 is 0 Å². The van der Waals surface area contributed by atoms with Gasteiger partial charge in [-0.15, -0.1) is 0 Å². The summed E-state index contributed by atoms with van der Waals surface area (Å²) in [4.78, 5) is 14.7. The van der Waals surface area contributed by atoms with Crippen molar-refractivity contribution >= 4 is 5.78 Å². The maximum absolute atomic E-state index is 13.1. The Morgan fingerprint density at radius 2 is 1.81 bits per heavy atom. The number of allylic oxidation sites excluding steroid dienone is 2. The number of hydrogen-bond acceptors (Lipinski definition) is 4. The number of aliphatic hydroxyl groups is 1. The van der Waals surface area contributed by atoms with Crippen molar-refractivity contribution in [1.29, 1.82) is 0 Å². The van der Waals surface area contributed by atoms with Crippen molar-refractivity contribution in [3.63, 3.8) is 0 Å². The molecule has 0 aliphatic heterocycles. The van der Waals surface area contributed by atoms with E-state index in [2.05, 4.69) is 30.1 Å². The monoisotopic (exact) mass is 427 g/mol. The van der Waals surface area contributed by atoms with Crippen molar-refractivity contribution in [1.82, 2.24) is 15.0 Å². The maximum atomic E-state index is 13.1. The predicted molar refractivity (Wildman–Crippen MR) is 122 cm³/mol. The lowest BCUT2D eigenvalue weighted by Gasteiger charge is -2.58. The fraction of sp³-hybridized carbons (Fsp3) is 0.808. The molecule has 4 aliphatic rings. The van der Waals surface area contributed by atoms with E-state index in [9.17, 15) is 9.90 Å². The lowest BCUT2D eigenvalue weighted by molar-refractivity contribution is -0.128. The standard InChI is InChI=1S/C24H35N3O2.C2H6/c1-22(29)10-11-23(2)16(14-22)4-5-17-18-6-7-20(24(18,3)9-8-19(17)23)21(28)15-27-25-12-13-26-27;1-2/h8,12-13,16-18,20,29H,4-7,9-11,14-15H2,1-3H3;1-2H3/t16-,17+,18+,20-,22-,23+,24+;/m1./s1. The van der Waals surface area contributed by atoms with E-state index in [-0.39, 0.29) is 16.7 Å². The van der Waals surface area contributed by atoms with Gasteiger partial charge in [-0.05, 0) is 86.9 Å². The highest BCUT2D eigenvalue weighted by molar-refractivity contribution is 5.82. The molecule has 0 amide bonds. The quantitative estimate of drug-likeness (QED) is 0.673. The summed E-state index contributed by atoms with van der Waals surface area (Å²) in [6, 6.07) is 0. The summed E-state index contributed by atoms with van der Waals surface area (Å²) in [5, 5.41) is 18.9. The molecule has 0 unspecified atom stereocenters. The Bertz CT molecular complexity index is 830. The molecule has 5 rings (SSSR count). The highest BCUT2D eigenvalue weighted by atomic mass is 16.3. The number of nitrogens with zero attached hydrogens (tertiary/aromatic N) is 3. The molecule has 0 saturated heterocycles. The Hall–Kier alpha value is -1.49. The molecular formula is C26H41N3O2. The first-order chi connectivity index (χ1) is 14.7. The average Bonchev–Trinajstić information content (AvgIpc) is 3.37. The van der Waals surface area contributed by atoms with Gasteiger partial charge in [-0.2, -0.15) is 15.0 Å². The molecule has 7 atom stereocenters. The molecule has 1 heterocycles. The van der Waals surface area contributed by atoms with Crippen LogP contribution in [0.25, 0.3) is 0 Å². The Kier molecular flexibility index (Phi) is 5.95. The number of ketones is 1. The summed E-state index contributed by atoms with van der Waals surface area (Å²) in [6.45, 7) is 11.2. The van der Waals surface area contributed by atoms with Crippen LogP contribution in [0.2, 0.25) is 0 Å². The number of hydrogen-bond donors (Lipinski definition) is 1. The first-order valence-corrected chi connectivity index (χ1v) is 12.5. The van der Waals surface area contributed by atoms with Crippen LogP contribution in [-0.4, -0.2) is 31.5 Å². The van der Waals surface area contributed by atoms with Gasteiger partial charge in [-0.3, -0.25) is 4.79 Å². The Labute approximate surface area is 187 Å². The van der Waals surface area contributed by atoms with Gasteiger partial charge in [0, 0.05) is 5.92 Å².